The maximum atomic E-state index is 13.0. The number of amides is 1. The summed E-state index contributed by atoms with van der Waals surface area (Å²) in [6.45, 7) is 7.38. The van der Waals surface area contributed by atoms with Gasteiger partial charge in [-0.15, -0.1) is 11.8 Å². The van der Waals surface area contributed by atoms with Crippen molar-refractivity contribution < 1.29 is 4.79 Å². The highest BCUT2D eigenvalue weighted by Crippen LogP contribution is 2.41. The molecule has 0 spiro atoms. The number of nitrogens with one attached hydrogen (secondary N) is 1. The molecule has 0 bridgehead atoms. The second kappa shape index (κ2) is 5.08. The number of carbonyl (C=O) groups excluding carboxylic acids is 1. The Morgan fingerprint density at radius 1 is 1.35 bits per heavy atom. The average molecular weight is 290 g/mol. The third-order valence-corrected chi connectivity index (χ3v) is 5.74. The van der Waals surface area contributed by atoms with E-state index in [1.807, 2.05) is 30.5 Å². The molecule has 2 unspecified atom stereocenters. The van der Waals surface area contributed by atoms with E-state index in [-0.39, 0.29) is 11.4 Å². The molecule has 0 aliphatic carbocycles. The Morgan fingerprint density at radius 2 is 2.10 bits per heavy atom. The van der Waals surface area contributed by atoms with Crippen molar-refractivity contribution in [3.05, 3.63) is 29.8 Å². The van der Waals surface area contributed by atoms with Gasteiger partial charge in [-0.3, -0.25) is 4.79 Å². The Bertz CT molecular complexity index is 529. The third-order valence-electron chi connectivity index (χ3n) is 4.94. The van der Waals surface area contributed by atoms with Crippen molar-refractivity contribution in [1.82, 2.24) is 10.2 Å². The second-order valence-corrected chi connectivity index (χ2v) is 7.14. The first kappa shape index (κ1) is 14.0. The van der Waals surface area contributed by atoms with Crippen molar-refractivity contribution in [3.63, 3.8) is 0 Å². The molecule has 2 atom stereocenters. The minimum Gasteiger partial charge on any atom is -0.333 e. The molecule has 0 radical (unpaired) electrons. The van der Waals surface area contributed by atoms with Gasteiger partial charge in [-0.05, 0) is 44.1 Å². The zero-order chi connectivity index (χ0) is 14.3. The first-order valence-electron chi connectivity index (χ1n) is 7.21. The van der Waals surface area contributed by atoms with E-state index in [2.05, 4.69) is 24.1 Å². The van der Waals surface area contributed by atoms with Crippen molar-refractivity contribution in [2.45, 2.75) is 24.3 Å². The topological polar surface area (TPSA) is 32.3 Å². The number of hydrogen-bond acceptors (Lipinski definition) is 3. The van der Waals surface area contributed by atoms with Gasteiger partial charge in [-0.25, -0.2) is 0 Å². The molecule has 2 fully saturated rings. The predicted octanol–water partition coefficient (Wildman–Crippen LogP) is 2.48. The van der Waals surface area contributed by atoms with E-state index in [0.717, 1.165) is 30.1 Å². The van der Waals surface area contributed by atoms with Crippen LogP contribution in [-0.4, -0.2) is 42.2 Å². The van der Waals surface area contributed by atoms with Gasteiger partial charge in [-0.2, -0.15) is 0 Å². The molecule has 2 aliphatic heterocycles. The van der Waals surface area contributed by atoms with Crippen molar-refractivity contribution >= 4 is 17.7 Å². The number of fused-ring (bicyclic) bond motifs is 1. The number of rotatable bonds is 2. The van der Waals surface area contributed by atoms with Crippen LogP contribution in [0.25, 0.3) is 0 Å². The van der Waals surface area contributed by atoms with Gasteiger partial charge < -0.3 is 10.2 Å². The summed E-state index contributed by atoms with van der Waals surface area (Å²) in [5.74, 6) is 1.37. The van der Waals surface area contributed by atoms with Crippen molar-refractivity contribution in [3.8, 4) is 0 Å². The fourth-order valence-electron chi connectivity index (χ4n) is 3.73. The number of carbonyl (C=O) groups is 1. The Balaban J connectivity index is 1.91. The Kier molecular flexibility index (Phi) is 3.55. The van der Waals surface area contributed by atoms with Crippen LogP contribution in [0.1, 0.15) is 24.2 Å². The van der Waals surface area contributed by atoms with Gasteiger partial charge in [0.05, 0.1) is 5.56 Å². The SMILES string of the molecule is CSc1ccccc1C(=O)N1CC2CNCC2C1(C)C. The number of thioether (sulfide) groups is 1. The monoisotopic (exact) mass is 290 g/mol. The molecular weight excluding hydrogens is 268 g/mol. The largest absolute Gasteiger partial charge is 0.333 e. The number of hydrogen-bond donors (Lipinski definition) is 1. The maximum absolute atomic E-state index is 13.0. The minimum atomic E-state index is -0.0588. The summed E-state index contributed by atoms with van der Waals surface area (Å²) in [5, 5.41) is 3.46. The lowest BCUT2D eigenvalue weighted by Crippen LogP contribution is -2.47. The molecule has 1 N–H and O–H groups in total. The zero-order valence-electron chi connectivity index (χ0n) is 12.3. The Morgan fingerprint density at radius 3 is 2.80 bits per heavy atom. The summed E-state index contributed by atoms with van der Waals surface area (Å²) in [5.41, 5.74) is 0.789. The van der Waals surface area contributed by atoms with Gasteiger partial charge in [0.25, 0.3) is 5.91 Å². The summed E-state index contributed by atoms with van der Waals surface area (Å²) in [6, 6.07) is 7.94. The summed E-state index contributed by atoms with van der Waals surface area (Å²) in [6.07, 6.45) is 2.03. The van der Waals surface area contributed by atoms with E-state index >= 15 is 0 Å². The molecule has 4 heteroatoms. The Labute approximate surface area is 125 Å². The number of nitrogens with zero attached hydrogens (tertiary/aromatic N) is 1. The van der Waals surface area contributed by atoms with E-state index in [1.54, 1.807) is 11.8 Å². The van der Waals surface area contributed by atoms with Crippen LogP contribution in [0.3, 0.4) is 0 Å². The smallest absolute Gasteiger partial charge is 0.255 e. The molecule has 2 aliphatic rings. The summed E-state index contributed by atoms with van der Waals surface area (Å²) in [4.78, 5) is 16.1. The van der Waals surface area contributed by atoms with E-state index in [9.17, 15) is 4.79 Å². The molecule has 3 nitrogen and oxygen atoms in total. The highest BCUT2D eigenvalue weighted by molar-refractivity contribution is 7.98. The first-order valence-corrected chi connectivity index (χ1v) is 8.44. The minimum absolute atomic E-state index is 0.0588. The molecule has 0 aromatic heterocycles. The molecule has 20 heavy (non-hydrogen) atoms. The molecule has 2 heterocycles. The Hall–Kier alpha value is -1.00. The van der Waals surface area contributed by atoms with Gasteiger partial charge in [0, 0.05) is 30.1 Å². The fourth-order valence-corrected chi connectivity index (χ4v) is 4.32. The van der Waals surface area contributed by atoms with Crippen LogP contribution in [0.4, 0.5) is 0 Å². The van der Waals surface area contributed by atoms with Crippen molar-refractivity contribution in [1.29, 1.82) is 0 Å². The summed E-state index contributed by atoms with van der Waals surface area (Å²) >= 11 is 1.64. The fraction of sp³-hybridized carbons (Fsp3) is 0.562. The maximum Gasteiger partial charge on any atom is 0.255 e. The highest BCUT2D eigenvalue weighted by Gasteiger charge is 2.51. The standard InChI is InChI=1S/C16H22N2OS/c1-16(2)13-9-17-8-11(13)10-18(16)15(19)12-6-4-5-7-14(12)20-3/h4-7,11,13,17H,8-10H2,1-3H3. The quantitative estimate of drug-likeness (QED) is 0.849. The van der Waals surface area contributed by atoms with Crippen LogP contribution >= 0.6 is 11.8 Å². The van der Waals surface area contributed by atoms with Crippen LogP contribution in [0.15, 0.2) is 29.2 Å². The number of likely N-dealkylation sites (tertiary alicyclic amines) is 1. The van der Waals surface area contributed by atoms with E-state index in [1.165, 1.54) is 0 Å². The molecule has 1 aromatic carbocycles. The average Bonchev–Trinajstić information content (AvgIpc) is 3.00. The molecule has 1 amide bonds. The van der Waals surface area contributed by atoms with Gasteiger partial charge in [0.2, 0.25) is 0 Å². The lowest BCUT2D eigenvalue weighted by atomic mass is 9.84. The van der Waals surface area contributed by atoms with Crippen LogP contribution in [0, 0.1) is 11.8 Å². The predicted molar refractivity (Wildman–Crippen MR) is 83.2 cm³/mol. The van der Waals surface area contributed by atoms with Gasteiger partial charge >= 0.3 is 0 Å². The second-order valence-electron chi connectivity index (χ2n) is 6.29. The molecular formula is C16H22N2OS. The van der Waals surface area contributed by atoms with Gasteiger partial charge in [0.1, 0.15) is 0 Å². The van der Waals surface area contributed by atoms with Crippen LogP contribution in [0.5, 0.6) is 0 Å². The van der Waals surface area contributed by atoms with E-state index in [0.29, 0.717) is 11.8 Å². The number of benzene rings is 1. The van der Waals surface area contributed by atoms with Gasteiger partial charge in [-0.1, -0.05) is 12.1 Å². The molecule has 2 saturated heterocycles. The van der Waals surface area contributed by atoms with Gasteiger partial charge in [0.15, 0.2) is 0 Å². The molecule has 108 valence electrons. The third kappa shape index (κ3) is 2.06. The highest BCUT2D eigenvalue weighted by atomic mass is 32.2. The van der Waals surface area contributed by atoms with E-state index < -0.39 is 0 Å². The van der Waals surface area contributed by atoms with Crippen LogP contribution in [0.2, 0.25) is 0 Å². The molecule has 3 rings (SSSR count). The first-order chi connectivity index (χ1) is 9.55. The van der Waals surface area contributed by atoms with Crippen LogP contribution in [-0.2, 0) is 0 Å². The molecule has 1 aromatic rings. The van der Waals surface area contributed by atoms with E-state index in [4.69, 9.17) is 0 Å². The summed E-state index contributed by atoms with van der Waals surface area (Å²) < 4.78 is 0. The van der Waals surface area contributed by atoms with Crippen LogP contribution < -0.4 is 5.32 Å². The lowest BCUT2D eigenvalue weighted by Gasteiger charge is -2.36. The zero-order valence-corrected chi connectivity index (χ0v) is 13.2. The van der Waals surface area contributed by atoms with Crippen molar-refractivity contribution in [2.75, 3.05) is 25.9 Å². The lowest BCUT2D eigenvalue weighted by molar-refractivity contribution is 0.0600. The normalized spacial score (nSPS) is 27.6. The van der Waals surface area contributed by atoms with Crippen molar-refractivity contribution in [2.24, 2.45) is 11.8 Å². The molecule has 0 saturated carbocycles. The summed E-state index contributed by atoms with van der Waals surface area (Å²) in [7, 11) is 0.